The van der Waals surface area contributed by atoms with E-state index in [-0.39, 0.29) is 46.3 Å². The van der Waals surface area contributed by atoms with Gasteiger partial charge in [-0.15, -0.1) is 11.8 Å². The number of thiazole rings is 1. The lowest BCUT2D eigenvalue weighted by molar-refractivity contribution is -0.137. The highest BCUT2D eigenvalue weighted by Crippen LogP contribution is 2.69. The predicted molar refractivity (Wildman–Crippen MR) is 181 cm³/mol. The number of amides is 3. The van der Waals surface area contributed by atoms with Crippen LogP contribution in [-0.4, -0.2) is 41.7 Å². The van der Waals surface area contributed by atoms with Gasteiger partial charge in [-0.3, -0.25) is 19.2 Å². The Hall–Kier alpha value is -4.56. The van der Waals surface area contributed by atoms with E-state index in [9.17, 15) is 32.3 Å². The van der Waals surface area contributed by atoms with Crippen LogP contribution in [0.3, 0.4) is 0 Å². The lowest BCUT2D eigenvalue weighted by atomic mass is 9.68. The summed E-state index contributed by atoms with van der Waals surface area (Å²) >= 11 is 2.57. The Morgan fingerprint density at radius 3 is 2.48 bits per heavy atom. The first-order valence-corrected chi connectivity index (χ1v) is 17.7. The number of benzene rings is 3. The number of alkyl halides is 3. The van der Waals surface area contributed by atoms with Crippen LogP contribution in [0.2, 0.25) is 0 Å². The first-order chi connectivity index (χ1) is 23.9. The number of thioether (sulfide) groups is 1. The molecule has 2 aliphatic heterocycles. The number of carbonyl (C=O) groups excluding carboxylic acids is 3. The van der Waals surface area contributed by atoms with Gasteiger partial charge in [-0.1, -0.05) is 41.7 Å². The molecule has 50 heavy (non-hydrogen) atoms. The van der Waals surface area contributed by atoms with Gasteiger partial charge in [0.15, 0.2) is 18.1 Å². The number of nitrogens with one attached hydrogen (secondary N) is 2. The number of carbonyl (C=O) groups is 3. The first kappa shape index (κ1) is 32.6. The van der Waals surface area contributed by atoms with Crippen molar-refractivity contribution < 1.29 is 37.0 Å². The van der Waals surface area contributed by atoms with Crippen LogP contribution in [0, 0.1) is 36.5 Å². The smallest absolute Gasteiger partial charge is 0.418 e. The minimum Gasteiger partial charge on any atom is -0.493 e. The number of anilines is 2. The zero-order chi connectivity index (χ0) is 35.1. The molecule has 4 aliphatic rings. The van der Waals surface area contributed by atoms with Crippen molar-refractivity contribution in [2.45, 2.75) is 35.7 Å². The molecule has 9 nitrogen and oxygen atoms in total. The summed E-state index contributed by atoms with van der Waals surface area (Å²) in [4.78, 5) is 57.6. The Kier molecular flexibility index (Phi) is 7.86. The molecule has 1 saturated heterocycles. The van der Waals surface area contributed by atoms with Crippen molar-refractivity contribution in [2.24, 2.45) is 29.6 Å². The fourth-order valence-corrected chi connectivity index (χ4v) is 11.5. The van der Waals surface area contributed by atoms with Crippen LogP contribution in [0.4, 0.5) is 24.5 Å². The number of aromatic amines is 1. The molecule has 2 bridgehead atoms. The van der Waals surface area contributed by atoms with Crippen LogP contribution in [0.5, 0.6) is 11.5 Å². The third-order valence-corrected chi connectivity index (χ3v) is 13.0. The fraction of sp³-hybridized carbons (Fsp3) is 0.333. The molecule has 4 unspecified atom stereocenters. The van der Waals surface area contributed by atoms with Crippen molar-refractivity contribution in [3.8, 4) is 11.5 Å². The topological polar surface area (TPSA) is 118 Å². The minimum atomic E-state index is -4.75. The van der Waals surface area contributed by atoms with Crippen molar-refractivity contribution in [3.05, 3.63) is 98.0 Å². The van der Waals surface area contributed by atoms with E-state index in [4.69, 9.17) is 9.47 Å². The fourth-order valence-electron chi connectivity index (χ4n) is 8.60. The number of fused-ring (bicyclic) bond motifs is 9. The lowest BCUT2D eigenvalue weighted by Crippen LogP contribution is -2.42. The third kappa shape index (κ3) is 5.22. The maximum Gasteiger partial charge on any atom is 0.418 e. The van der Waals surface area contributed by atoms with Gasteiger partial charge in [-0.25, -0.2) is 4.90 Å². The Balaban J connectivity index is 1.10. The van der Waals surface area contributed by atoms with Gasteiger partial charge in [0.25, 0.3) is 5.91 Å². The highest BCUT2D eigenvalue weighted by Gasteiger charge is 2.70. The van der Waals surface area contributed by atoms with Crippen LogP contribution in [0.15, 0.2) is 76.6 Å². The molecule has 7 atom stereocenters. The average molecular weight is 722 g/mol. The van der Waals surface area contributed by atoms with Gasteiger partial charge in [0, 0.05) is 21.7 Å². The Labute approximate surface area is 292 Å². The number of hydrogen-bond acceptors (Lipinski definition) is 8. The highest BCUT2D eigenvalue weighted by molar-refractivity contribution is 8.00. The number of imide groups is 1. The molecule has 1 aromatic heterocycles. The van der Waals surface area contributed by atoms with Crippen LogP contribution in [-0.2, 0) is 20.6 Å². The largest absolute Gasteiger partial charge is 0.493 e. The number of rotatable bonds is 7. The molecule has 2 saturated carbocycles. The predicted octanol–water partition coefficient (Wildman–Crippen LogP) is 6.47. The van der Waals surface area contributed by atoms with Crippen LogP contribution < -0.4 is 24.6 Å². The second kappa shape index (κ2) is 12.0. The number of ether oxygens (including phenoxy) is 2. The molecule has 258 valence electrons. The van der Waals surface area contributed by atoms with Crippen LogP contribution >= 0.6 is 23.1 Å². The van der Waals surface area contributed by atoms with Crippen molar-refractivity contribution in [2.75, 3.05) is 23.9 Å². The molecule has 4 aromatic rings. The van der Waals surface area contributed by atoms with Gasteiger partial charge in [0.1, 0.15) is 0 Å². The van der Waals surface area contributed by atoms with E-state index in [1.807, 2.05) is 31.2 Å². The zero-order valence-electron chi connectivity index (χ0n) is 26.7. The van der Waals surface area contributed by atoms with Crippen LogP contribution in [0.1, 0.15) is 33.9 Å². The molecule has 8 rings (SSSR count). The number of halogens is 3. The molecule has 0 spiro atoms. The molecular formula is C36H30F3N3O6S2. The van der Waals surface area contributed by atoms with Gasteiger partial charge in [-0.05, 0) is 78.6 Å². The summed E-state index contributed by atoms with van der Waals surface area (Å²) in [6.45, 7) is 1.66. The molecule has 14 heteroatoms. The van der Waals surface area contributed by atoms with Gasteiger partial charge >= 0.3 is 11.0 Å². The molecule has 2 N–H and O–H groups in total. The monoisotopic (exact) mass is 721 g/mol. The zero-order valence-corrected chi connectivity index (χ0v) is 28.3. The summed E-state index contributed by atoms with van der Waals surface area (Å²) in [5.74, 6) is -3.48. The number of nitrogens with zero attached hydrogens (tertiary/aromatic N) is 1. The molecule has 2 aliphatic carbocycles. The van der Waals surface area contributed by atoms with Crippen molar-refractivity contribution >= 4 is 52.2 Å². The molecular weight excluding hydrogens is 692 g/mol. The van der Waals surface area contributed by atoms with Crippen LogP contribution in [0.25, 0.3) is 0 Å². The average Bonchev–Trinajstić information content (AvgIpc) is 3.82. The Bertz CT molecular complexity index is 2110. The molecule has 3 fully saturated rings. The molecule has 0 radical (unpaired) electrons. The normalized spacial score (nSPS) is 26.4. The minimum absolute atomic E-state index is 0.161. The number of aromatic nitrogens is 1. The van der Waals surface area contributed by atoms with Crippen molar-refractivity contribution in [1.29, 1.82) is 0 Å². The SMILES string of the molecule is COc1cc([C@H]2c3sc(=O)[nH]c3SC3C2[C@H]2C[C@@H]3C3C(=O)N(c4ccccc4C(F)(F)F)C(=O)C32)ccc1OCC(=O)Nc1cccc(C)c1. The van der Waals surface area contributed by atoms with E-state index >= 15 is 0 Å². The summed E-state index contributed by atoms with van der Waals surface area (Å²) in [6, 6.07) is 17.4. The van der Waals surface area contributed by atoms with Crippen molar-refractivity contribution in [3.63, 3.8) is 0 Å². The van der Waals surface area contributed by atoms with E-state index < -0.39 is 41.1 Å². The summed E-state index contributed by atoms with van der Waals surface area (Å²) in [7, 11) is 1.48. The number of aryl methyl sites for hydroxylation is 1. The summed E-state index contributed by atoms with van der Waals surface area (Å²) in [5, 5.41) is 3.34. The van der Waals surface area contributed by atoms with E-state index in [0.29, 0.717) is 28.6 Å². The number of methoxy groups -OCH3 is 1. The molecule has 3 aromatic carbocycles. The van der Waals surface area contributed by atoms with Gasteiger partial charge in [0.05, 0.1) is 35.2 Å². The van der Waals surface area contributed by atoms with Gasteiger partial charge in [0.2, 0.25) is 11.8 Å². The first-order valence-electron chi connectivity index (χ1n) is 16.1. The quantitative estimate of drug-likeness (QED) is 0.210. The second-order valence-corrected chi connectivity index (χ2v) is 15.3. The maximum absolute atomic E-state index is 14.0. The summed E-state index contributed by atoms with van der Waals surface area (Å²) in [6.07, 6.45) is -4.17. The lowest BCUT2D eigenvalue weighted by Gasteiger charge is -2.43. The molecule has 3 heterocycles. The number of hydrogen-bond donors (Lipinski definition) is 2. The Morgan fingerprint density at radius 1 is 0.980 bits per heavy atom. The maximum atomic E-state index is 14.0. The second-order valence-electron chi connectivity index (χ2n) is 13.1. The standard InChI is InChI=1S/C36H30F3N3O6S2/c1-16-6-5-7-18(12-16)40-25(43)15-48-23-11-10-17(13-24(23)47-2)26-27-19-14-20(30(27)49-32-31(26)50-35(46)41-32)29-28(19)33(44)42(34(29)45)22-9-4-3-8-21(22)36(37,38)39/h3-13,19-20,26-30H,14-15H2,1-2H3,(H,40,43)(H,41,46)/t19-,20-,26-,27?,28?,29?,30?/m1/s1. The Morgan fingerprint density at radius 2 is 1.74 bits per heavy atom. The van der Waals surface area contributed by atoms with E-state index in [2.05, 4.69) is 10.3 Å². The van der Waals surface area contributed by atoms with E-state index in [1.54, 1.807) is 18.2 Å². The number of para-hydroxylation sites is 1. The summed E-state index contributed by atoms with van der Waals surface area (Å²) < 4.78 is 53.5. The third-order valence-electron chi connectivity index (χ3n) is 10.4. The molecule has 3 amide bonds. The van der Waals surface area contributed by atoms with E-state index in [0.717, 1.165) is 38.3 Å². The van der Waals surface area contributed by atoms with E-state index in [1.165, 1.54) is 37.1 Å². The van der Waals surface area contributed by atoms with Gasteiger partial charge in [-0.2, -0.15) is 13.2 Å². The van der Waals surface area contributed by atoms with Crippen molar-refractivity contribution in [1.82, 2.24) is 4.98 Å². The summed E-state index contributed by atoms with van der Waals surface area (Å²) in [5.41, 5.74) is 0.979. The highest BCUT2D eigenvalue weighted by atomic mass is 32.2. The number of H-pyrrole nitrogens is 1. The van der Waals surface area contributed by atoms with Gasteiger partial charge < -0.3 is 19.8 Å².